The van der Waals surface area contributed by atoms with Crippen molar-refractivity contribution in [2.45, 2.75) is 13.8 Å². The zero-order valence-corrected chi connectivity index (χ0v) is 10.3. The number of nitrogens with zero attached hydrogens (tertiary/aromatic N) is 3. The molecule has 1 rings (SSSR count). The van der Waals surface area contributed by atoms with Gasteiger partial charge in [-0.05, 0) is 26.1 Å². The summed E-state index contributed by atoms with van der Waals surface area (Å²) in [7, 11) is 0. The molecule has 0 aromatic rings. The summed E-state index contributed by atoms with van der Waals surface area (Å²) in [6.07, 6.45) is 0. The maximum Gasteiger partial charge on any atom is 0.189 e. The van der Waals surface area contributed by atoms with E-state index in [2.05, 4.69) is 15.7 Å². The highest BCUT2D eigenvalue weighted by Gasteiger charge is 2.12. The van der Waals surface area contributed by atoms with E-state index in [9.17, 15) is 0 Å². The molecule has 0 saturated carbocycles. The first kappa shape index (κ1) is 12.9. The third-order valence-corrected chi connectivity index (χ3v) is 2.64. The van der Waals surface area contributed by atoms with Gasteiger partial charge in [-0.15, -0.1) is 0 Å². The number of thiocarbonyl (C=S) groups is 1. The fraction of sp³-hybridized carbons (Fsp3) is 0.667. The summed E-state index contributed by atoms with van der Waals surface area (Å²) in [6.45, 7) is 6.31. The van der Waals surface area contributed by atoms with Gasteiger partial charge in [-0.2, -0.15) is 5.10 Å². The van der Waals surface area contributed by atoms with Gasteiger partial charge in [0.25, 0.3) is 0 Å². The van der Waals surface area contributed by atoms with Crippen molar-refractivity contribution >= 4 is 28.8 Å². The topological polar surface area (TPSA) is 69.5 Å². The molecular weight excluding hydrogens is 228 g/mol. The number of oxime groups is 1. The van der Waals surface area contributed by atoms with Gasteiger partial charge in [-0.3, -0.25) is 5.43 Å². The molecule has 0 spiro atoms. The van der Waals surface area contributed by atoms with E-state index in [1.807, 2.05) is 4.90 Å². The van der Waals surface area contributed by atoms with Gasteiger partial charge in [0.05, 0.1) is 24.6 Å². The Hall–Kier alpha value is -1.21. The lowest BCUT2D eigenvalue weighted by atomic mass is 10.3. The quantitative estimate of drug-likeness (QED) is 0.319. The van der Waals surface area contributed by atoms with Crippen molar-refractivity contribution in [2.24, 2.45) is 10.3 Å². The molecule has 1 aliphatic heterocycles. The number of hydrazone groups is 1. The Balaban J connectivity index is 2.45. The van der Waals surface area contributed by atoms with Crippen LogP contribution in [0.15, 0.2) is 10.3 Å². The van der Waals surface area contributed by atoms with Crippen LogP contribution in [0.1, 0.15) is 13.8 Å². The highest BCUT2D eigenvalue weighted by Crippen LogP contribution is 1.97. The molecule has 1 saturated heterocycles. The first-order valence-electron chi connectivity index (χ1n) is 5.01. The minimum Gasteiger partial charge on any atom is -0.411 e. The second-order valence-corrected chi connectivity index (χ2v) is 3.79. The first-order chi connectivity index (χ1) is 7.65. The molecule has 0 aliphatic carbocycles. The fourth-order valence-electron chi connectivity index (χ4n) is 1.12. The molecule has 0 unspecified atom stereocenters. The molecule has 16 heavy (non-hydrogen) atoms. The van der Waals surface area contributed by atoms with Crippen LogP contribution in [-0.4, -0.2) is 52.9 Å². The molecule has 0 radical (unpaired) electrons. The largest absolute Gasteiger partial charge is 0.411 e. The first-order valence-corrected chi connectivity index (χ1v) is 5.42. The number of hydrogen-bond donors (Lipinski definition) is 2. The fourth-order valence-corrected chi connectivity index (χ4v) is 1.35. The normalized spacial score (nSPS) is 18.5. The average Bonchev–Trinajstić information content (AvgIpc) is 2.35. The summed E-state index contributed by atoms with van der Waals surface area (Å²) in [6, 6.07) is 0. The van der Waals surface area contributed by atoms with E-state index in [-0.39, 0.29) is 0 Å². The lowest BCUT2D eigenvalue weighted by molar-refractivity contribution is 0.0677. The zero-order valence-electron chi connectivity index (χ0n) is 9.43. The van der Waals surface area contributed by atoms with Gasteiger partial charge in [-0.25, -0.2) is 0 Å². The van der Waals surface area contributed by atoms with Gasteiger partial charge >= 0.3 is 0 Å². The van der Waals surface area contributed by atoms with Gasteiger partial charge in [0, 0.05) is 13.1 Å². The van der Waals surface area contributed by atoms with E-state index in [0.717, 1.165) is 13.1 Å². The van der Waals surface area contributed by atoms with Crippen LogP contribution in [-0.2, 0) is 4.74 Å². The Morgan fingerprint density at radius 3 is 2.50 bits per heavy atom. The molecule has 0 aromatic carbocycles. The summed E-state index contributed by atoms with van der Waals surface area (Å²) < 4.78 is 5.21. The van der Waals surface area contributed by atoms with Crippen LogP contribution in [0.25, 0.3) is 0 Å². The molecule has 90 valence electrons. The van der Waals surface area contributed by atoms with Gasteiger partial charge in [0.15, 0.2) is 5.11 Å². The van der Waals surface area contributed by atoms with Crippen molar-refractivity contribution in [1.29, 1.82) is 0 Å². The Bertz CT molecular complexity index is 311. The summed E-state index contributed by atoms with van der Waals surface area (Å²) in [4.78, 5) is 1.99. The molecule has 7 heteroatoms. The van der Waals surface area contributed by atoms with Gasteiger partial charge < -0.3 is 14.8 Å². The molecule has 0 bridgehead atoms. The maximum absolute atomic E-state index is 8.54. The highest BCUT2D eigenvalue weighted by molar-refractivity contribution is 7.80. The van der Waals surface area contributed by atoms with Crippen molar-refractivity contribution in [3.05, 3.63) is 0 Å². The van der Waals surface area contributed by atoms with Crippen LogP contribution in [0.3, 0.4) is 0 Å². The van der Waals surface area contributed by atoms with Crippen LogP contribution in [0, 0.1) is 0 Å². The van der Waals surface area contributed by atoms with Crippen LogP contribution in [0.5, 0.6) is 0 Å². The molecule has 6 nitrogen and oxygen atoms in total. The van der Waals surface area contributed by atoms with Crippen molar-refractivity contribution in [1.82, 2.24) is 10.3 Å². The predicted molar refractivity (Wildman–Crippen MR) is 66.1 cm³/mol. The second kappa shape index (κ2) is 6.39. The van der Waals surface area contributed by atoms with Crippen LogP contribution in [0.2, 0.25) is 0 Å². The number of hydrogen-bond acceptors (Lipinski definition) is 5. The number of nitrogens with one attached hydrogen (secondary N) is 1. The van der Waals surface area contributed by atoms with Crippen LogP contribution < -0.4 is 5.43 Å². The molecule has 1 heterocycles. The molecule has 0 amide bonds. The number of rotatable bonds is 2. The van der Waals surface area contributed by atoms with Crippen LogP contribution in [0.4, 0.5) is 0 Å². The SMILES string of the molecule is CC(=N\O)/C(C)=N/NC(=S)N1CCOCC1. The van der Waals surface area contributed by atoms with E-state index < -0.39 is 0 Å². The highest BCUT2D eigenvalue weighted by atomic mass is 32.1. The van der Waals surface area contributed by atoms with E-state index in [0.29, 0.717) is 29.7 Å². The predicted octanol–water partition coefficient (Wildman–Crippen LogP) is 0.419. The standard InChI is InChI=1S/C9H16N4O2S/c1-7(8(2)12-14)10-11-9(16)13-3-5-15-6-4-13/h14H,3-6H2,1-2H3,(H,11,16)/b10-7+,12-8+. The van der Waals surface area contributed by atoms with Gasteiger partial charge in [-0.1, -0.05) is 5.16 Å². The van der Waals surface area contributed by atoms with E-state index in [1.54, 1.807) is 13.8 Å². The maximum atomic E-state index is 8.54. The van der Waals surface area contributed by atoms with E-state index in [1.165, 1.54) is 0 Å². The Morgan fingerprint density at radius 2 is 1.94 bits per heavy atom. The minimum absolute atomic E-state index is 0.456. The summed E-state index contributed by atoms with van der Waals surface area (Å²) in [5, 5.41) is 16.2. The summed E-state index contributed by atoms with van der Waals surface area (Å²) in [5.74, 6) is 0. The average molecular weight is 244 g/mol. The zero-order chi connectivity index (χ0) is 12.0. The monoisotopic (exact) mass is 244 g/mol. The number of morpholine rings is 1. The summed E-state index contributed by atoms with van der Waals surface area (Å²) >= 11 is 5.16. The Labute approximate surface area is 99.9 Å². The molecular formula is C9H16N4O2S. The Kier molecular flexibility index (Phi) is 5.13. The summed E-state index contributed by atoms with van der Waals surface area (Å²) in [5.41, 5.74) is 3.82. The molecule has 0 aromatic heterocycles. The van der Waals surface area contributed by atoms with Crippen molar-refractivity contribution in [3.8, 4) is 0 Å². The lowest BCUT2D eigenvalue weighted by Crippen LogP contribution is -2.44. The minimum atomic E-state index is 0.456. The molecule has 1 fully saturated rings. The third kappa shape index (κ3) is 3.74. The smallest absolute Gasteiger partial charge is 0.189 e. The number of ether oxygens (including phenoxy) is 1. The molecule has 1 aliphatic rings. The van der Waals surface area contributed by atoms with Gasteiger partial charge in [0.2, 0.25) is 0 Å². The Morgan fingerprint density at radius 1 is 1.31 bits per heavy atom. The third-order valence-electron chi connectivity index (χ3n) is 2.29. The molecule has 2 N–H and O–H groups in total. The van der Waals surface area contributed by atoms with Crippen molar-refractivity contribution in [3.63, 3.8) is 0 Å². The lowest BCUT2D eigenvalue weighted by Gasteiger charge is -2.28. The van der Waals surface area contributed by atoms with Crippen molar-refractivity contribution in [2.75, 3.05) is 26.3 Å². The second-order valence-electron chi connectivity index (χ2n) is 3.40. The van der Waals surface area contributed by atoms with E-state index in [4.69, 9.17) is 22.2 Å². The van der Waals surface area contributed by atoms with E-state index >= 15 is 0 Å². The van der Waals surface area contributed by atoms with Gasteiger partial charge in [0.1, 0.15) is 0 Å². The van der Waals surface area contributed by atoms with Crippen molar-refractivity contribution < 1.29 is 9.94 Å². The molecule has 0 atom stereocenters. The van der Waals surface area contributed by atoms with Crippen LogP contribution >= 0.6 is 12.2 Å².